The summed E-state index contributed by atoms with van der Waals surface area (Å²) in [6, 6.07) is 3.17. The Morgan fingerprint density at radius 2 is 2.05 bits per heavy atom. The summed E-state index contributed by atoms with van der Waals surface area (Å²) < 4.78 is 38.5. The van der Waals surface area contributed by atoms with E-state index in [1.807, 2.05) is 6.92 Å². The van der Waals surface area contributed by atoms with E-state index in [-0.39, 0.29) is 6.04 Å². The van der Waals surface area contributed by atoms with Crippen molar-refractivity contribution in [2.75, 3.05) is 0 Å². The van der Waals surface area contributed by atoms with Gasteiger partial charge < -0.3 is 5.73 Å². The third kappa shape index (κ3) is 2.93. The molecule has 0 aliphatic heterocycles. The highest BCUT2D eigenvalue weighted by Gasteiger charge is 2.32. The number of aromatic nitrogens is 3. The van der Waals surface area contributed by atoms with Crippen LogP contribution >= 0.6 is 0 Å². The molecule has 0 bridgehead atoms. The van der Waals surface area contributed by atoms with Crippen molar-refractivity contribution in [1.29, 1.82) is 0 Å². The summed E-state index contributed by atoms with van der Waals surface area (Å²) in [6.45, 7) is 1.93. The topological polar surface area (TPSA) is 56.7 Å². The minimum Gasteiger partial charge on any atom is -0.323 e. The molecule has 2 rings (SSSR count). The zero-order valence-corrected chi connectivity index (χ0v) is 10.2. The zero-order chi connectivity index (χ0) is 14.0. The summed E-state index contributed by atoms with van der Waals surface area (Å²) >= 11 is 0. The van der Waals surface area contributed by atoms with Crippen LogP contribution in [0.2, 0.25) is 0 Å². The molecule has 0 aromatic carbocycles. The molecule has 2 aromatic heterocycles. The van der Waals surface area contributed by atoms with Gasteiger partial charge in [-0.05, 0) is 18.6 Å². The molecule has 0 amide bonds. The Hall–Kier alpha value is -1.89. The monoisotopic (exact) mass is 270 g/mol. The number of hydrogen-bond donors (Lipinski definition) is 1. The van der Waals surface area contributed by atoms with Gasteiger partial charge in [0.1, 0.15) is 0 Å². The fourth-order valence-corrected chi connectivity index (χ4v) is 1.57. The zero-order valence-electron chi connectivity index (χ0n) is 10.2. The number of nitrogens with zero attached hydrogens (tertiary/aromatic N) is 3. The lowest BCUT2D eigenvalue weighted by atomic mass is 10.1. The van der Waals surface area contributed by atoms with Crippen molar-refractivity contribution in [2.24, 2.45) is 5.73 Å². The Kier molecular flexibility index (Phi) is 3.57. The first kappa shape index (κ1) is 13.5. The van der Waals surface area contributed by atoms with Crippen molar-refractivity contribution < 1.29 is 13.2 Å². The number of pyridine rings is 1. The molecule has 0 saturated heterocycles. The normalized spacial score (nSPS) is 13.5. The molecule has 102 valence electrons. The van der Waals surface area contributed by atoms with Crippen LogP contribution in [0.5, 0.6) is 0 Å². The maximum atomic E-state index is 12.4. The molecule has 0 spiro atoms. The summed E-state index contributed by atoms with van der Waals surface area (Å²) in [5.74, 6) is 0. The van der Waals surface area contributed by atoms with Crippen molar-refractivity contribution in [3.63, 3.8) is 0 Å². The van der Waals surface area contributed by atoms with Crippen molar-refractivity contribution in [2.45, 2.75) is 25.6 Å². The third-order valence-electron chi connectivity index (χ3n) is 2.76. The minimum atomic E-state index is -4.39. The lowest BCUT2D eigenvalue weighted by Gasteiger charge is -2.08. The SMILES string of the molecule is CCC(N)c1ccc(-n2cc(C(F)(F)F)cn2)cn1. The Labute approximate surface area is 108 Å². The summed E-state index contributed by atoms with van der Waals surface area (Å²) in [5, 5.41) is 3.67. The van der Waals surface area contributed by atoms with Crippen LogP contribution in [0.25, 0.3) is 5.69 Å². The van der Waals surface area contributed by atoms with E-state index in [0.29, 0.717) is 11.4 Å². The fraction of sp³-hybridized carbons (Fsp3) is 0.333. The van der Waals surface area contributed by atoms with E-state index in [2.05, 4.69) is 10.1 Å². The van der Waals surface area contributed by atoms with Gasteiger partial charge in [-0.15, -0.1) is 0 Å². The Bertz CT molecular complexity index is 545. The van der Waals surface area contributed by atoms with Crippen LogP contribution in [0.1, 0.15) is 30.6 Å². The maximum Gasteiger partial charge on any atom is 0.419 e. The quantitative estimate of drug-likeness (QED) is 0.932. The largest absolute Gasteiger partial charge is 0.419 e. The Balaban J connectivity index is 2.25. The van der Waals surface area contributed by atoms with Gasteiger partial charge >= 0.3 is 6.18 Å². The number of rotatable bonds is 3. The average molecular weight is 270 g/mol. The van der Waals surface area contributed by atoms with Crippen molar-refractivity contribution >= 4 is 0 Å². The van der Waals surface area contributed by atoms with Crippen molar-refractivity contribution in [3.8, 4) is 5.69 Å². The molecule has 2 N–H and O–H groups in total. The Morgan fingerprint density at radius 1 is 1.32 bits per heavy atom. The van der Waals surface area contributed by atoms with Gasteiger partial charge in [0.2, 0.25) is 0 Å². The molecule has 0 radical (unpaired) electrons. The lowest BCUT2D eigenvalue weighted by molar-refractivity contribution is -0.137. The highest BCUT2D eigenvalue weighted by molar-refractivity contribution is 5.30. The maximum absolute atomic E-state index is 12.4. The minimum absolute atomic E-state index is 0.169. The predicted octanol–water partition coefficient (Wildman–Crippen LogP) is 2.70. The van der Waals surface area contributed by atoms with Gasteiger partial charge in [0.15, 0.2) is 0 Å². The molecule has 4 nitrogen and oxygen atoms in total. The van der Waals surface area contributed by atoms with Gasteiger partial charge in [0, 0.05) is 12.2 Å². The number of halogens is 3. The van der Waals surface area contributed by atoms with E-state index in [1.54, 1.807) is 12.1 Å². The summed E-state index contributed by atoms with van der Waals surface area (Å²) in [5.41, 5.74) is 6.18. The van der Waals surface area contributed by atoms with Crippen LogP contribution in [0.15, 0.2) is 30.7 Å². The smallest absolute Gasteiger partial charge is 0.323 e. The first-order valence-corrected chi connectivity index (χ1v) is 5.75. The van der Waals surface area contributed by atoms with Crippen LogP contribution in [0, 0.1) is 0 Å². The average Bonchev–Trinajstić information content (AvgIpc) is 2.87. The predicted molar refractivity (Wildman–Crippen MR) is 63.6 cm³/mol. The molecule has 0 aliphatic carbocycles. The van der Waals surface area contributed by atoms with Gasteiger partial charge in [-0.2, -0.15) is 18.3 Å². The lowest BCUT2D eigenvalue weighted by Crippen LogP contribution is -2.10. The molecule has 1 unspecified atom stereocenters. The second kappa shape index (κ2) is 5.00. The highest BCUT2D eigenvalue weighted by Crippen LogP contribution is 2.29. The molecule has 2 aromatic rings. The van der Waals surface area contributed by atoms with E-state index in [4.69, 9.17) is 5.73 Å². The van der Waals surface area contributed by atoms with E-state index in [9.17, 15) is 13.2 Å². The van der Waals surface area contributed by atoms with E-state index >= 15 is 0 Å². The van der Waals surface area contributed by atoms with E-state index in [0.717, 1.165) is 23.5 Å². The van der Waals surface area contributed by atoms with Gasteiger partial charge in [0.05, 0.1) is 29.3 Å². The molecule has 2 heterocycles. The Morgan fingerprint density at radius 3 is 2.53 bits per heavy atom. The van der Waals surface area contributed by atoms with Crippen LogP contribution in [-0.4, -0.2) is 14.8 Å². The van der Waals surface area contributed by atoms with Gasteiger partial charge in [-0.3, -0.25) is 4.98 Å². The molecule has 7 heteroatoms. The van der Waals surface area contributed by atoms with E-state index in [1.165, 1.54) is 6.20 Å². The number of hydrogen-bond acceptors (Lipinski definition) is 3. The molecule has 0 aliphatic rings. The molecule has 0 saturated carbocycles. The van der Waals surface area contributed by atoms with Crippen molar-refractivity contribution in [1.82, 2.24) is 14.8 Å². The molecular weight excluding hydrogens is 257 g/mol. The second-order valence-corrected chi connectivity index (χ2v) is 4.13. The number of nitrogens with two attached hydrogens (primary N) is 1. The highest BCUT2D eigenvalue weighted by atomic mass is 19.4. The summed E-state index contributed by atoms with van der Waals surface area (Å²) in [4.78, 5) is 4.13. The summed E-state index contributed by atoms with van der Waals surface area (Å²) in [7, 11) is 0. The van der Waals surface area contributed by atoms with Crippen LogP contribution in [0.4, 0.5) is 13.2 Å². The first-order valence-electron chi connectivity index (χ1n) is 5.75. The van der Waals surface area contributed by atoms with Gasteiger partial charge in [0.25, 0.3) is 0 Å². The van der Waals surface area contributed by atoms with Crippen LogP contribution < -0.4 is 5.73 Å². The third-order valence-corrected chi connectivity index (χ3v) is 2.76. The summed E-state index contributed by atoms with van der Waals surface area (Å²) in [6.07, 6.45) is -0.483. The second-order valence-electron chi connectivity index (χ2n) is 4.13. The van der Waals surface area contributed by atoms with Gasteiger partial charge in [-0.25, -0.2) is 4.68 Å². The number of alkyl halides is 3. The van der Waals surface area contributed by atoms with Crippen LogP contribution in [0.3, 0.4) is 0 Å². The molecule has 19 heavy (non-hydrogen) atoms. The van der Waals surface area contributed by atoms with Crippen LogP contribution in [-0.2, 0) is 6.18 Å². The standard InChI is InChI=1S/C12H13F3N4/c1-2-10(16)11-4-3-9(6-17-11)19-7-8(5-18-19)12(13,14)15/h3-7,10H,2,16H2,1H3. The molecule has 1 atom stereocenters. The van der Waals surface area contributed by atoms with Crippen molar-refractivity contribution in [3.05, 3.63) is 42.0 Å². The van der Waals surface area contributed by atoms with Gasteiger partial charge in [-0.1, -0.05) is 6.92 Å². The molecule has 0 fully saturated rings. The molecular formula is C12H13F3N4. The first-order chi connectivity index (χ1) is 8.91. The fourth-order valence-electron chi connectivity index (χ4n) is 1.57. The van der Waals surface area contributed by atoms with E-state index < -0.39 is 11.7 Å².